The number of nitrogens with zero attached hydrogens (tertiary/aromatic N) is 4. The number of rotatable bonds is 6. The first-order chi connectivity index (χ1) is 13.2. The molecule has 0 atom stereocenters. The molecule has 1 aromatic carbocycles. The minimum atomic E-state index is -0.325. The van der Waals surface area contributed by atoms with Crippen molar-refractivity contribution in [3.05, 3.63) is 71.9 Å². The third kappa shape index (κ3) is 4.66. The maximum absolute atomic E-state index is 12.1. The highest BCUT2D eigenvalue weighted by atomic mass is 16.2. The second kappa shape index (κ2) is 8.56. The van der Waals surface area contributed by atoms with Gasteiger partial charge in [0.05, 0.1) is 0 Å². The molecule has 138 valence electrons. The van der Waals surface area contributed by atoms with E-state index in [1.165, 1.54) is 6.33 Å². The van der Waals surface area contributed by atoms with Crippen molar-refractivity contribution in [1.82, 2.24) is 35.7 Å². The summed E-state index contributed by atoms with van der Waals surface area (Å²) in [6.07, 6.45) is 4.62. The Morgan fingerprint density at radius 3 is 2.74 bits per heavy atom. The quantitative estimate of drug-likeness (QED) is 0.603. The predicted molar refractivity (Wildman–Crippen MR) is 98.1 cm³/mol. The smallest absolute Gasteiger partial charge is 0.315 e. The van der Waals surface area contributed by atoms with Crippen LogP contribution in [0.4, 0.5) is 4.79 Å². The molecule has 3 aromatic rings. The molecule has 27 heavy (non-hydrogen) atoms. The monoisotopic (exact) mass is 365 g/mol. The molecule has 0 saturated carbocycles. The lowest BCUT2D eigenvalue weighted by Crippen LogP contribution is -2.35. The summed E-state index contributed by atoms with van der Waals surface area (Å²) in [6.45, 7) is 0.590. The molecular formula is C18H19N7O2. The third-order valence-electron chi connectivity index (χ3n) is 3.81. The standard InChI is InChI=1S/C18H19N7O2/c1-19-17(26)14-5-2-4-13(8-14)9-22-18(27)23-10-15-6-3-7-21-16(15)25-12-20-11-24-25/h2-8,11-12H,9-10H2,1H3,(H,19,26)(H2,22,23,27). The van der Waals surface area contributed by atoms with Crippen LogP contribution in [-0.2, 0) is 13.1 Å². The summed E-state index contributed by atoms with van der Waals surface area (Å²) in [6, 6.07) is 10.4. The zero-order chi connectivity index (χ0) is 19.1. The Morgan fingerprint density at radius 2 is 1.96 bits per heavy atom. The molecule has 0 spiro atoms. The van der Waals surface area contributed by atoms with E-state index >= 15 is 0 Å². The molecule has 0 saturated heterocycles. The molecule has 0 radical (unpaired) electrons. The number of benzene rings is 1. The highest BCUT2D eigenvalue weighted by molar-refractivity contribution is 5.94. The van der Waals surface area contributed by atoms with Gasteiger partial charge in [-0.05, 0) is 23.8 Å². The maximum atomic E-state index is 12.1. The first kappa shape index (κ1) is 18.1. The van der Waals surface area contributed by atoms with E-state index < -0.39 is 0 Å². The van der Waals surface area contributed by atoms with Crippen LogP contribution in [0.2, 0.25) is 0 Å². The Labute approximate surface area is 155 Å². The van der Waals surface area contributed by atoms with Crippen molar-refractivity contribution in [3.8, 4) is 5.82 Å². The fraction of sp³-hybridized carbons (Fsp3) is 0.167. The average Bonchev–Trinajstić information content (AvgIpc) is 3.25. The number of carbonyl (C=O) groups excluding carboxylic acids is 2. The van der Waals surface area contributed by atoms with E-state index in [2.05, 4.69) is 31.0 Å². The fourth-order valence-corrected chi connectivity index (χ4v) is 2.48. The van der Waals surface area contributed by atoms with Gasteiger partial charge in [-0.1, -0.05) is 18.2 Å². The van der Waals surface area contributed by atoms with Crippen molar-refractivity contribution in [3.63, 3.8) is 0 Å². The SMILES string of the molecule is CNC(=O)c1cccc(CNC(=O)NCc2cccnc2-n2cncn2)c1. The van der Waals surface area contributed by atoms with Gasteiger partial charge < -0.3 is 16.0 Å². The molecule has 3 N–H and O–H groups in total. The van der Waals surface area contributed by atoms with E-state index in [1.807, 2.05) is 12.1 Å². The van der Waals surface area contributed by atoms with Gasteiger partial charge in [0.2, 0.25) is 0 Å². The number of pyridine rings is 1. The number of aromatic nitrogens is 4. The largest absolute Gasteiger partial charge is 0.355 e. The van der Waals surface area contributed by atoms with E-state index in [1.54, 1.807) is 48.5 Å². The van der Waals surface area contributed by atoms with Crippen LogP contribution in [0.5, 0.6) is 0 Å². The van der Waals surface area contributed by atoms with Crippen LogP contribution in [0.3, 0.4) is 0 Å². The fourth-order valence-electron chi connectivity index (χ4n) is 2.48. The number of nitrogens with one attached hydrogen (secondary N) is 3. The summed E-state index contributed by atoms with van der Waals surface area (Å²) in [4.78, 5) is 32.0. The van der Waals surface area contributed by atoms with E-state index in [9.17, 15) is 9.59 Å². The van der Waals surface area contributed by atoms with E-state index in [0.29, 0.717) is 17.9 Å². The maximum Gasteiger partial charge on any atom is 0.315 e. The normalized spacial score (nSPS) is 10.3. The summed E-state index contributed by atoms with van der Waals surface area (Å²) in [5.74, 6) is 0.437. The highest BCUT2D eigenvalue weighted by Crippen LogP contribution is 2.09. The van der Waals surface area contributed by atoms with Gasteiger partial charge in [0.25, 0.3) is 5.91 Å². The van der Waals surface area contributed by atoms with Crippen molar-refractivity contribution < 1.29 is 9.59 Å². The Hall–Kier alpha value is -3.75. The summed E-state index contributed by atoms with van der Waals surface area (Å²) < 4.78 is 1.54. The molecule has 0 bridgehead atoms. The zero-order valence-electron chi connectivity index (χ0n) is 14.7. The van der Waals surface area contributed by atoms with Crippen molar-refractivity contribution >= 4 is 11.9 Å². The minimum absolute atomic E-state index is 0.168. The van der Waals surface area contributed by atoms with Crippen LogP contribution in [-0.4, -0.2) is 38.7 Å². The molecule has 3 amide bonds. The molecule has 0 aliphatic rings. The Kier molecular flexibility index (Phi) is 5.73. The summed E-state index contributed by atoms with van der Waals surface area (Å²) in [7, 11) is 1.58. The zero-order valence-corrected chi connectivity index (χ0v) is 14.7. The molecule has 0 unspecified atom stereocenters. The van der Waals surface area contributed by atoms with Crippen LogP contribution in [0.25, 0.3) is 5.82 Å². The average molecular weight is 365 g/mol. The van der Waals surface area contributed by atoms with Gasteiger partial charge in [-0.2, -0.15) is 5.10 Å². The van der Waals surface area contributed by atoms with E-state index in [-0.39, 0.29) is 18.5 Å². The predicted octanol–water partition coefficient (Wildman–Crippen LogP) is 1.02. The molecule has 2 aromatic heterocycles. The van der Waals surface area contributed by atoms with E-state index in [4.69, 9.17) is 0 Å². The first-order valence-corrected chi connectivity index (χ1v) is 8.29. The van der Waals surface area contributed by atoms with Crippen molar-refractivity contribution in [2.24, 2.45) is 0 Å². The molecule has 3 rings (SSSR count). The number of hydrogen-bond donors (Lipinski definition) is 3. The van der Waals surface area contributed by atoms with Crippen LogP contribution in [0, 0.1) is 0 Å². The second-order valence-electron chi connectivity index (χ2n) is 5.64. The summed E-state index contributed by atoms with van der Waals surface area (Å²) in [5, 5.41) is 12.2. The van der Waals surface area contributed by atoms with Crippen LogP contribution < -0.4 is 16.0 Å². The van der Waals surface area contributed by atoms with Crippen molar-refractivity contribution in [2.75, 3.05) is 7.05 Å². The van der Waals surface area contributed by atoms with Crippen LogP contribution in [0.15, 0.2) is 55.2 Å². The second-order valence-corrected chi connectivity index (χ2v) is 5.64. The molecule has 0 aliphatic heterocycles. The molecule has 0 aliphatic carbocycles. The third-order valence-corrected chi connectivity index (χ3v) is 3.81. The lowest BCUT2D eigenvalue weighted by molar-refractivity contribution is 0.0963. The van der Waals surface area contributed by atoms with Crippen molar-refractivity contribution in [1.29, 1.82) is 0 Å². The lowest BCUT2D eigenvalue weighted by atomic mass is 10.1. The number of hydrogen-bond acceptors (Lipinski definition) is 5. The van der Waals surface area contributed by atoms with Gasteiger partial charge >= 0.3 is 6.03 Å². The van der Waals surface area contributed by atoms with Gasteiger partial charge in [-0.15, -0.1) is 0 Å². The molecule has 9 heteroatoms. The first-order valence-electron chi connectivity index (χ1n) is 8.29. The lowest BCUT2D eigenvalue weighted by Gasteiger charge is -2.11. The van der Waals surface area contributed by atoms with Gasteiger partial charge in [-0.25, -0.2) is 19.4 Å². The van der Waals surface area contributed by atoms with Gasteiger partial charge in [0, 0.05) is 37.5 Å². The summed E-state index contributed by atoms with van der Waals surface area (Å²) in [5.41, 5.74) is 2.18. The highest BCUT2D eigenvalue weighted by Gasteiger charge is 2.09. The number of carbonyl (C=O) groups is 2. The Bertz CT molecular complexity index is 925. The van der Waals surface area contributed by atoms with Gasteiger partial charge in [0.15, 0.2) is 5.82 Å². The molecule has 2 heterocycles. The molecule has 0 fully saturated rings. The van der Waals surface area contributed by atoms with Crippen LogP contribution in [0.1, 0.15) is 21.5 Å². The topological polar surface area (TPSA) is 114 Å². The summed E-state index contributed by atoms with van der Waals surface area (Å²) >= 11 is 0. The van der Waals surface area contributed by atoms with Gasteiger partial charge in [-0.3, -0.25) is 4.79 Å². The Balaban J connectivity index is 1.56. The molecule has 9 nitrogen and oxygen atoms in total. The van der Waals surface area contributed by atoms with E-state index in [0.717, 1.165) is 11.1 Å². The number of amides is 3. The van der Waals surface area contributed by atoms with Gasteiger partial charge in [0.1, 0.15) is 12.7 Å². The molecular weight excluding hydrogens is 346 g/mol. The minimum Gasteiger partial charge on any atom is -0.355 e. The van der Waals surface area contributed by atoms with Crippen LogP contribution >= 0.6 is 0 Å². The Morgan fingerprint density at radius 1 is 1.11 bits per heavy atom. The number of urea groups is 1. The van der Waals surface area contributed by atoms with Crippen molar-refractivity contribution in [2.45, 2.75) is 13.1 Å².